The van der Waals surface area contributed by atoms with E-state index in [1.165, 1.54) is 0 Å². The van der Waals surface area contributed by atoms with E-state index in [0.717, 1.165) is 24.3 Å². The minimum Gasteiger partial charge on any atom is -0.360 e. The summed E-state index contributed by atoms with van der Waals surface area (Å²) in [4.78, 5) is 15.6. The lowest BCUT2D eigenvalue weighted by molar-refractivity contribution is -0.117. The summed E-state index contributed by atoms with van der Waals surface area (Å²) in [5.74, 6) is 0.0573. The van der Waals surface area contributed by atoms with Crippen LogP contribution in [-0.2, 0) is 4.79 Å². The first-order valence-corrected chi connectivity index (χ1v) is 6.34. The van der Waals surface area contributed by atoms with Crippen molar-refractivity contribution in [2.75, 3.05) is 29.9 Å². The number of nitrogens with zero attached hydrogens (tertiary/aromatic N) is 3. The summed E-state index contributed by atoms with van der Waals surface area (Å²) in [5.41, 5.74) is 8.16. The van der Waals surface area contributed by atoms with Crippen molar-refractivity contribution in [1.82, 2.24) is 0 Å². The molecule has 5 heteroatoms. The molecule has 1 aliphatic heterocycles. The Balaban J connectivity index is 2.35. The Hall–Kier alpha value is -2.06. The number of carbonyl (C=O) groups excluding carboxylic acids is 1. The molecule has 0 radical (unpaired) electrons. The predicted octanol–water partition coefficient (Wildman–Crippen LogP) is 1.08. The average Bonchev–Trinajstić information content (AvgIpc) is 2.40. The fourth-order valence-electron chi connectivity index (χ4n) is 2.18. The number of benzene rings is 1. The first-order valence-electron chi connectivity index (χ1n) is 6.34. The molecule has 0 spiro atoms. The van der Waals surface area contributed by atoms with Crippen LogP contribution in [0.15, 0.2) is 18.2 Å². The van der Waals surface area contributed by atoms with Crippen molar-refractivity contribution in [3.05, 3.63) is 23.8 Å². The summed E-state index contributed by atoms with van der Waals surface area (Å²) in [6, 6.07) is 7.62. The lowest BCUT2D eigenvalue weighted by Crippen LogP contribution is -2.45. The number of carbonyl (C=O) groups is 1. The van der Waals surface area contributed by atoms with E-state index in [0.29, 0.717) is 12.1 Å². The Labute approximate surface area is 113 Å². The predicted molar refractivity (Wildman–Crippen MR) is 75.0 cm³/mol. The van der Waals surface area contributed by atoms with Gasteiger partial charge in [-0.05, 0) is 31.5 Å². The van der Waals surface area contributed by atoms with Gasteiger partial charge in [0.2, 0.25) is 5.91 Å². The topological polar surface area (TPSA) is 73.4 Å². The van der Waals surface area contributed by atoms with Gasteiger partial charge in [-0.15, -0.1) is 0 Å². The highest BCUT2D eigenvalue weighted by molar-refractivity contribution is 6.02. The number of rotatable bonds is 3. The third-order valence-corrected chi connectivity index (χ3v) is 3.36. The average molecular weight is 258 g/mol. The van der Waals surface area contributed by atoms with E-state index in [1.54, 1.807) is 18.0 Å². The fraction of sp³-hybridized carbons (Fsp3) is 0.429. The van der Waals surface area contributed by atoms with Crippen LogP contribution in [0, 0.1) is 11.3 Å². The highest BCUT2D eigenvalue weighted by Crippen LogP contribution is 2.33. The van der Waals surface area contributed by atoms with Gasteiger partial charge in [0.15, 0.2) is 0 Å². The molecule has 1 aromatic rings. The summed E-state index contributed by atoms with van der Waals surface area (Å²) in [6.45, 7) is 3.01. The number of likely N-dealkylation sites (N-methyl/N-ethyl adjacent to an activating group) is 1. The molecule has 19 heavy (non-hydrogen) atoms. The molecule has 0 aromatic heterocycles. The van der Waals surface area contributed by atoms with Crippen LogP contribution in [0.25, 0.3) is 0 Å². The van der Waals surface area contributed by atoms with E-state index in [1.807, 2.05) is 24.0 Å². The Morgan fingerprint density at radius 1 is 1.47 bits per heavy atom. The van der Waals surface area contributed by atoms with Crippen LogP contribution in [0.2, 0.25) is 0 Å². The number of nitriles is 1. The van der Waals surface area contributed by atoms with Crippen LogP contribution < -0.4 is 15.5 Å². The van der Waals surface area contributed by atoms with Gasteiger partial charge < -0.3 is 15.5 Å². The maximum absolute atomic E-state index is 12.0. The number of anilines is 2. The minimum absolute atomic E-state index is 0.0573. The largest absolute Gasteiger partial charge is 0.360 e. The summed E-state index contributed by atoms with van der Waals surface area (Å²) in [5, 5.41) is 8.99. The van der Waals surface area contributed by atoms with Crippen LogP contribution in [0.1, 0.15) is 18.9 Å². The Morgan fingerprint density at radius 3 is 2.84 bits per heavy atom. The van der Waals surface area contributed by atoms with Crippen molar-refractivity contribution >= 4 is 17.3 Å². The van der Waals surface area contributed by atoms with Gasteiger partial charge in [0.1, 0.15) is 0 Å². The van der Waals surface area contributed by atoms with Gasteiger partial charge in [0, 0.05) is 19.6 Å². The number of hydrogen-bond acceptors (Lipinski definition) is 4. The number of hydrogen-bond donors (Lipinski definition) is 1. The molecule has 1 aliphatic rings. The third-order valence-electron chi connectivity index (χ3n) is 3.36. The molecule has 100 valence electrons. The Bertz CT molecular complexity index is 533. The standard InChI is InChI=1S/C14H18N4O/c1-10(16)5-6-18-9-14(19)17(2)12-4-3-11(8-15)7-13(12)18/h3-4,7,10H,5-6,9,16H2,1-2H3. The molecular formula is C14H18N4O. The van der Waals surface area contributed by atoms with Gasteiger partial charge in [-0.1, -0.05) is 0 Å². The van der Waals surface area contributed by atoms with E-state index in [-0.39, 0.29) is 11.9 Å². The molecule has 1 unspecified atom stereocenters. The van der Waals surface area contributed by atoms with E-state index < -0.39 is 0 Å². The monoisotopic (exact) mass is 258 g/mol. The van der Waals surface area contributed by atoms with Crippen molar-refractivity contribution in [3.8, 4) is 6.07 Å². The normalized spacial score (nSPS) is 16.0. The second kappa shape index (κ2) is 5.29. The molecule has 1 amide bonds. The van der Waals surface area contributed by atoms with Crippen LogP contribution in [0.4, 0.5) is 11.4 Å². The molecule has 1 atom stereocenters. The van der Waals surface area contributed by atoms with Gasteiger partial charge in [-0.25, -0.2) is 0 Å². The molecule has 0 saturated carbocycles. The van der Waals surface area contributed by atoms with Gasteiger partial charge in [-0.2, -0.15) is 5.26 Å². The van der Waals surface area contributed by atoms with Crippen molar-refractivity contribution in [2.24, 2.45) is 5.73 Å². The Morgan fingerprint density at radius 2 is 2.21 bits per heavy atom. The highest BCUT2D eigenvalue weighted by Gasteiger charge is 2.26. The molecule has 1 aromatic carbocycles. The zero-order valence-corrected chi connectivity index (χ0v) is 11.3. The van der Waals surface area contributed by atoms with Crippen LogP contribution >= 0.6 is 0 Å². The second-order valence-corrected chi connectivity index (χ2v) is 4.96. The molecule has 0 fully saturated rings. The minimum atomic E-state index is 0.0573. The number of fused-ring (bicyclic) bond motifs is 1. The van der Waals surface area contributed by atoms with Crippen LogP contribution in [0.5, 0.6) is 0 Å². The van der Waals surface area contributed by atoms with E-state index in [9.17, 15) is 4.79 Å². The molecule has 1 heterocycles. The molecular weight excluding hydrogens is 240 g/mol. The molecule has 2 N–H and O–H groups in total. The summed E-state index contributed by atoms with van der Waals surface area (Å²) < 4.78 is 0. The maximum Gasteiger partial charge on any atom is 0.246 e. The zero-order chi connectivity index (χ0) is 14.0. The quantitative estimate of drug-likeness (QED) is 0.880. The van der Waals surface area contributed by atoms with Crippen molar-refractivity contribution in [2.45, 2.75) is 19.4 Å². The molecule has 2 rings (SSSR count). The number of amides is 1. The summed E-state index contributed by atoms with van der Waals surface area (Å²) >= 11 is 0. The van der Waals surface area contributed by atoms with E-state index in [4.69, 9.17) is 11.0 Å². The summed E-state index contributed by atoms with van der Waals surface area (Å²) in [6.07, 6.45) is 0.813. The third kappa shape index (κ3) is 2.69. The second-order valence-electron chi connectivity index (χ2n) is 4.96. The molecule has 5 nitrogen and oxygen atoms in total. The van der Waals surface area contributed by atoms with E-state index >= 15 is 0 Å². The first kappa shape index (κ1) is 13.4. The Kier molecular flexibility index (Phi) is 3.72. The van der Waals surface area contributed by atoms with Crippen LogP contribution in [0.3, 0.4) is 0 Å². The van der Waals surface area contributed by atoms with Gasteiger partial charge in [-0.3, -0.25) is 4.79 Å². The molecule has 0 bridgehead atoms. The van der Waals surface area contributed by atoms with E-state index in [2.05, 4.69) is 6.07 Å². The van der Waals surface area contributed by atoms with Gasteiger partial charge >= 0.3 is 0 Å². The van der Waals surface area contributed by atoms with Crippen molar-refractivity contribution in [3.63, 3.8) is 0 Å². The van der Waals surface area contributed by atoms with Gasteiger partial charge in [0.05, 0.1) is 29.6 Å². The molecule has 0 aliphatic carbocycles. The van der Waals surface area contributed by atoms with Crippen molar-refractivity contribution in [1.29, 1.82) is 5.26 Å². The maximum atomic E-state index is 12.0. The zero-order valence-electron chi connectivity index (χ0n) is 11.3. The SMILES string of the molecule is CC(N)CCN1CC(=O)N(C)c2ccc(C#N)cc21. The number of nitrogens with two attached hydrogens (primary N) is 1. The van der Waals surface area contributed by atoms with Gasteiger partial charge in [0.25, 0.3) is 0 Å². The highest BCUT2D eigenvalue weighted by atomic mass is 16.2. The fourth-order valence-corrected chi connectivity index (χ4v) is 2.18. The van der Waals surface area contributed by atoms with Crippen molar-refractivity contribution < 1.29 is 4.79 Å². The summed E-state index contributed by atoms with van der Waals surface area (Å²) in [7, 11) is 1.76. The smallest absolute Gasteiger partial charge is 0.246 e. The lowest BCUT2D eigenvalue weighted by atomic mass is 10.1. The lowest BCUT2D eigenvalue weighted by Gasteiger charge is -2.36. The molecule has 0 saturated heterocycles. The first-order chi connectivity index (χ1) is 9.02. The van der Waals surface area contributed by atoms with Crippen LogP contribution in [-0.4, -0.2) is 32.1 Å².